The van der Waals surface area contributed by atoms with Crippen molar-refractivity contribution in [3.8, 4) is 17.3 Å². The number of hydrogen-bond donors (Lipinski definition) is 1. The van der Waals surface area contributed by atoms with Crippen LogP contribution in [-0.4, -0.2) is 38.9 Å². The molecule has 0 aliphatic heterocycles. The first-order valence-corrected chi connectivity index (χ1v) is 9.59. The number of nitrogens with one attached hydrogen (secondary N) is 1. The monoisotopic (exact) mass is 425 g/mol. The van der Waals surface area contributed by atoms with E-state index in [0.29, 0.717) is 34.5 Å². The van der Waals surface area contributed by atoms with E-state index >= 15 is 0 Å². The molecule has 2 aromatic carbocycles. The molecular formula is C21H17ClFN5O2. The predicted octanol–water partition coefficient (Wildman–Crippen LogP) is 3.32. The van der Waals surface area contributed by atoms with Crippen molar-refractivity contribution in [3.05, 3.63) is 77.1 Å². The molecule has 0 fully saturated rings. The van der Waals surface area contributed by atoms with Crippen LogP contribution in [-0.2, 0) is 11.2 Å². The molecule has 2 heterocycles. The Morgan fingerprint density at radius 1 is 1.07 bits per heavy atom. The molecule has 0 spiro atoms. The third kappa shape index (κ3) is 4.55. The van der Waals surface area contributed by atoms with E-state index in [-0.39, 0.29) is 24.8 Å². The topological polar surface area (TPSA) is 81.4 Å². The first-order chi connectivity index (χ1) is 14.6. The summed E-state index contributed by atoms with van der Waals surface area (Å²) in [4.78, 5) is 12.1. The summed E-state index contributed by atoms with van der Waals surface area (Å²) in [5.74, 6) is 0.350. The van der Waals surface area contributed by atoms with E-state index in [1.165, 1.54) is 16.6 Å². The number of rotatable bonds is 7. The minimum atomic E-state index is -0.332. The number of carbonyl (C=O) groups is 1. The van der Waals surface area contributed by atoms with Crippen molar-refractivity contribution < 1.29 is 13.9 Å². The Morgan fingerprint density at radius 3 is 2.67 bits per heavy atom. The summed E-state index contributed by atoms with van der Waals surface area (Å²) in [6.07, 6.45) is 0.200. The molecule has 2 aromatic heterocycles. The van der Waals surface area contributed by atoms with E-state index < -0.39 is 0 Å². The van der Waals surface area contributed by atoms with Gasteiger partial charge in [0, 0.05) is 16.7 Å². The number of benzene rings is 2. The molecule has 0 bridgehead atoms. The molecule has 0 aliphatic carbocycles. The minimum absolute atomic E-state index is 0.146. The van der Waals surface area contributed by atoms with Crippen LogP contribution in [0.4, 0.5) is 4.39 Å². The summed E-state index contributed by atoms with van der Waals surface area (Å²) in [6.45, 7) is 0.552. The van der Waals surface area contributed by atoms with Crippen LogP contribution in [0.25, 0.3) is 17.0 Å². The van der Waals surface area contributed by atoms with Crippen LogP contribution in [0.5, 0.6) is 5.88 Å². The van der Waals surface area contributed by atoms with Gasteiger partial charge in [-0.2, -0.15) is 4.52 Å². The average molecular weight is 426 g/mol. The second-order valence-corrected chi connectivity index (χ2v) is 6.85. The van der Waals surface area contributed by atoms with Gasteiger partial charge >= 0.3 is 0 Å². The lowest BCUT2D eigenvalue weighted by Crippen LogP contribution is -2.29. The zero-order valence-corrected chi connectivity index (χ0v) is 16.5. The van der Waals surface area contributed by atoms with Crippen LogP contribution >= 0.6 is 11.6 Å². The van der Waals surface area contributed by atoms with Gasteiger partial charge in [0.05, 0.1) is 13.0 Å². The van der Waals surface area contributed by atoms with Gasteiger partial charge in [-0.05, 0) is 42.0 Å². The summed E-state index contributed by atoms with van der Waals surface area (Å²) in [5.41, 5.74) is 1.99. The standard InChI is InChI=1S/C21H17ClFN5O2/c22-17-4-2-1-3-15(17)13-19(29)24-11-12-30-20-10-9-18-25-26-21(28(18)27-20)14-5-7-16(23)8-6-14/h1-10H,11-13H2,(H,24,29). The lowest BCUT2D eigenvalue weighted by atomic mass is 10.1. The number of amides is 1. The molecule has 0 aliphatic rings. The lowest BCUT2D eigenvalue weighted by molar-refractivity contribution is -0.120. The first-order valence-electron chi connectivity index (χ1n) is 9.21. The smallest absolute Gasteiger partial charge is 0.231 e. The lowest BCUT2D eigenvalue weighted by Gasteiger charge is -2.08. The Bertz CT molecular complexity index is 1180. The maximum atomic E-state index is 13.2. The molecular weight excluding hydrogens is 409 g/mol. The highest BCUT2D eigenvalue weighted by Crippen LogP contribution is 2.19. The van der Waals surface area contributed by atoms with Crippen LogP contribution in [0.15, 0.2) is 60.7 Å². The number of carbonyl (C=O) groups excluding carboxylic acids is 1. The number of halogens is 2. The highest BCUT2D eigenvalue weighted by Gasteiger charge is 2.11. The van der Waals surface area contributed by atoms with E-state index in [1.807, 2.05) is 18.2 Å². The molecule has 0 unspecified atom stereocenters. The van der Waals surface area contributed by atoms with Crippen LogP contribution < -0.4 is 10.1 Å². The maximum absolute atomic E-state index is 13.2. The molecule has 1 amide bonds. The Hall–Kier alpha value is -3.52. The molecule has 0 saturated carbocycles. The second-order valence-electron chi connectivity index (χ2n) is 6.44. The van der Waals surface area contributed by atoms with Gasteiger partial charge in [-0.25, -0.2) is 4.39 Å². The molecule has 0 saturated heterocycles. The fourth-order valence-electron chi connectivity index (χ4n) is 2.85. The van der Waals surface area contributed by atoms with Crippen molar-refractivity contribution in [1.82, 2.24) is 25.1 Å². The summed E-state index contributed by atoms with van der Waals surface area (Å²) in [5, 5.41) is 15.9. The van der Waals surface area contributed by atoms with Crippen LogP contribution in [0, 0.1) is 5.82 Å². The van der Waals surface area contributed by atoms with Crippen molar-refractivity contribution in [1.29, 1.82) is 0 Å². The number of aromatic nitrogens is 4. The van der Waals surface area contributed by atoms with Crippen molar-refractivity contribution in [2.24, 2.45) is 0 Å². The van der Waals surface area contributed by atoms with Gasteiger partial charge in [-0.15, -0.1) is 15.3 Å². The molecule has 4 rings (SSSR count). The molecule has 30 heavy (non-hydrogen) atoms. The van der Waals surface area contributed by atoms with Gasteiger partial charge in [0.25, 0.3) is 0 Å². The van der Waals surface area contributed by atoms with Crippen molar-refractivity contribution in [2.45, 2.75) is 6.42 Å². The van der Waals surface area contributed by atoms with E-state index in [9.17, 15) is 9.18 Å². The van der Waals surface area contributed by atoms with Gasteiger partial charge < -0.3 is 10.1 Å². The zero-order valence-electron chi connectivity index (χ0n) is 15.8. The normalized spacial score (nSPS) is 10.9. The van der Waals surface area contributed by atoms with Crippen molar-refractivity contribution in [2.75, 3.05) is 13.2 Å². The quantitative estimate of drug-likeness (QED) is 0.459. The number of ether oxygens (including phenoxy) is 1. The van der Waals surface area contributed by atoms with E-state index in [2.05, 4.69) is 20.6 Å². The highest BCUT2D eigenvalue weighted by molar-refractivity contribution is 6.31. The molecule has 4 aromatic rings. The summed E-state index contributed by atoms with van der Waals surface area (Å²) >= 11 is 6.07. The second kappa shape index (κ2) is 8.87. The van der Waals surface area contributed by atoms with E-state index in [1.54, 1.807) is 30.3 Å². The van der Waals surface area contributed by atoms with Gasteiger partial charge in [0.15, 0.2) is 11.5 Å². The Balaban J connectivity index is 1.35. The fourth-order valence-corrected chi connectivity index (χ4v) is 3.05. The van der Waals surface area contributed by atoms with Crippen LogP contribution in [0.1, 0.15) is 5.56 Å². The van der Waals surface area contributed by atoms with Crippen LogP contribution in [0.2, 0.25) is 5.02 Å². The third-order valence-electron chi connectivity index (χ3n) is 4.32. The Kier molecular flexibility index (Phi) is 5.85. The van der Waals surface area contributed by atoms with E-state index in [4.69, 9.17) is 16.3 Å². The summed E-state index contributed by atoms with van der Waals surface area (Å²) in [7, 11) is 0. The highest BCUT2D eigenvalue weighted by atomic mass is 35.5. The molecule has 7 nitrogen and oxygen atoms in total. The predicted molar refractivity (Wildman–Crippen MR) is 110 cm³/mol. The van der Waals surface area contributed by atoms with Crippen molar-refractivity contribution >= 4 is 23.2 Å². The molecule has 9 heteroatoms. The number of nitrogens with zero attached hydrogens (tertiary/aromatic N) is 4. The molecule has 152 valence electrons. The van der Waals surface area contributed by atoms with Gasteiger partial charge in [0.1, 0.15) is 12.4 Å². The maximum Gasteiger partial charge on any atom is 0.231 e. The van der Waals surface area contributed by atoms with Gasteiger partial charge in [-0.3, -0.25) is 4.79 Å². The zero-order chi connectivity index (χ0) is 20.9. The van der Waals surface area contributed by atoms with Gasteiger partial charge in [-0.1, -0.05) is 29.8 Å². The SMILES string of the molecule is O=C(Cc1ccccc1Cl)NCCOc1ccc2nnc(-c3ccc(F)cc3)n2n1. The Morgan fingerprint density at radius 2 is 1.87 bits per heavy atom. The first kappa shape index (κ1) is 19.8. The third-order valence-corrected chi connectivity index (χ3v) is 4.69. The van der Waals surface area contributed by atoms with E-state index in [0.717, 1.165) is 5.56 Å². The largest absolute Gasteiger partial charge is 0.475 e. The fraction of sp³-hybridized carbons (Fsp3) is 0.143. The van der Waals surface area contributed by atoms with Crippen molar-refractivity contribution in [3.63, 3.8) is 0 Å². The number of hydrogen-bond acceptors (Lipinski definition) is 5. The average Bonchev–Trinajstić information content (AvgIpc) is 3.17. The molecule has 0 radical (unpaired) electrons. The molecule has 1 N–H and O–H groups in total. The number of fused-ring (bicyclic) bond motifs is 1. The summed E-state index contributed by atoms with van der Waals surface area (Å²) < 4.78 is 20.3. The summed E-state index contributed by atoms with van der Waals surface area (Å²) in [6, 6.07) is 16.5. The Labute approximate surface area is 176 Å². The molecule has 0 atom stereocenters. The minimum Gasteiger partial charge on any atom is -0.475 e. The van der Waals surface area contributed by atoms with Gasteiger partial charge in [0.2, 0.25) is 11.8 Å². The van der Waals surface area contributed by atoms with Crippen LogP contribution in [0.3, 0.4) is 0 Å².